The molecule has 0 radical (unpaired) electrons. The molecule has 130 valence electrons. The maximum absolute atomic E-state index is 6.02. The summed E-state index contributed by atoms with van der Waals surface area (Å²) in [5.74, 6) is 2.04. The lowest BCUT2D eigenvalue weighted by Crippen LogP contribution is -2.24. The molecule has 0 bridgehead atoms. The van der Waals surface area contributed by atoms with Crippen LogP contribution in [0.4, 0.5) is 5.69 Å². The Bertz CT molecular complexity index is 644. The minimum absolute atomic E-state index is 0. The summed E-state index contributed by atoms with van der Waals surface area (Å²) in [6.45, 7) is 5.07. The van der Waals surface area contributed by atoms with Crippen LogP contribution < -0.4 is 15.8 Å². The maximum atomic E-state index is 6.02. The Morgan fingerprint density at radius 3 is 2.46 bits per heavy atom. The molecule has 0 heterocycles. The summed E-state index contributed by atoms with van der Waals surface area (Å²) in [7, 11) is 1.64. The number of nitrogens with one attached hydrogen (secondary N) is 1. The van der Waals surface area contributed by atoms with Crippen LogP contribution in [-0.4, -0.2) is 19.6 Å². The molecule has 0 aliphatic rings. The number of nitrogens with zero attached hydrogens (tertiary/aromatic N) is 1. The average Bonchev–Trinajstić information content (AvgIpc) is 2.56. The summed E-state index contributed by atoms with van der Waals surface area (Å²) in [5.41, 5.74) is 8.18. The lowest BCUT2D eigenvalue weighted by atomic mass is 9.88. The summed E-state index contributed by atoms with van der Waals surface area (Å²) in [6.07, 6.45) is 0. The van der Waals surface area contributed by atoms with Gasteiger partial charge in [0.2, 0.25) is 0 Å². The highest BCUT2D eigenvalue weighted by molar-refractivity contribution is 14.0. The Morgan fingerprint density at radius 1 is 1.12 bits per heavy atom. The van der Waals surface area contributed by atoms with Crippen molar-refractivity contribution in [1.82, 2.24) is 0 Å². The second kappa shape index (κ2) is 10.2. The Kier molecular flexibility index (Phi) is 8.60. The number of anilines is 1. The van der Waals surface area contributed by atoms with Gasteiger partial charge in [0.15, 0.2) is 5.96 Å². The highest BCUT2D eigenvalue weighted by atomic mass is 127. The Labute approximate surface area is 161 Å². The van der Waals surface area contributed by atoms with Gasteiger partial charge in [-0.3, -0.25) is 4.99 Å². The van der Waals surface area contributed by atoms with Crippen molar-refractivity contribution in [3.05, 3.63) is 60.2 Å². The standard InChI is InChI=1S/C19H25N3O.HI/c1-14(2)18(15-8-5-4-6-9-15)13-21-19(20)22-16-10-7-11-17(12-16)23-3;/h4-12,14,18H,13H2,1-3H3,(H3,20,21,22);1H. The van der Waals surface area contributed by atoms with Gasteiger partial charge in [-0.25, -0.2) is 0 Å². The third-order valence-corrected chi connectivity index (χ3v) is 3.83. The first kappa shape index (κ1) is 20.3. The third-order valence-electron chi connectivity index (χ3n) is 3.83. The Morgan fingerprint density at radius 2 is 1.83 bits per heavy atom. The molecule has 0 aliphatic carbocycles. The van der Waals surface area contributed by atoms with Gasteiger partial charge in [-0.1, -0.05) is 50.2 Å². The number of halogens is 1. The van der Waals surface area contributed by atoms with Gasteiger partial charge >= 0.3 is 0 Å². The molecular formula is C19H26IN3O. The maximum Gasteiger partial charge on any atom is 0.193 e. The quantitative estimate of drug-likeness (QED) is 0.397. The molecule has 24 heavy (non-hydrogen) atoms. The van der Waals surface area contributed by atoms with Crippen molar-refractivity contribution in [2.45, 2.75) is 19.8 Å². The van der Waals surface area contributed by atoms with Gasteiger partial charge in [-0.05, 0) is 23.6 Å². The normalized spacial score (nSPS) is 12.4. The fraction of sp³-hybridized carbons (Fsp3) is 0.316. The molecule has 0 amide bonds. The molecule has 1 atom stereocenters. The molecule has 4 nitrogen and oxygen atoms in total. The van der Waals surface area contributed by atoms with Gasteiger partial charge in [-0.15, -0.1) is 24.0 Å². The van der Waals surface area contributed by atoms with Crippen molar-refractivity contribution < 1.29 is 4.74 Å². The predicted octanol–water partition coefficient (Wildman–Crippen LogP) is 4.48. The fourth-order valence-corrected chi connectivity index (χ4v) is 2.49. The number of aliphatic imine (C=N–C) groups is 1. The number of hydrogen-bond donors (Lipinski definition) is 2. The van der Waals surface area contributed by atoms with Crippen molar-refractivity contribution in [1.29, 1.82) is 0 Å². The van der Waals surface area contributed by atoms with Crippen LogP contribution in [0.15, 0.2) is 59.6 Å². The first-order valence-electron chi connectivity index (χ1n) is 7.86. The zero-order chi connectivity index (χ0) is 16.7. The third kappa shape index (κ3) is 6.03. The predicted molar refractivity (Wildman–Crippen MR) is 113 cm³/mol. The van der Waals surface area contributed by atoms with Crippen molar-refractivity contribution in [3.8, 4) is 5.75 Å². The largest absolute Gasteiger partial charge is 0.497 e. The van der Waals surface area contributed by atoms with Gasteiger partial charge in [0, 0.05) is 24.2 Å². The van der Waals surface area contributed by atoms with Crippen LogP contribution in [0, 0.1) is 5.92 Å². The van der Waals surface area contributed by atoms with E-state index in [1.165, 1.54) is 5.56 Å². The van der Waals surface area contributed by atoms with E-state index in [4.69, 9.17) is 10.5 Å². The lowest BCUT2D eigenvalue weighted by Gasteiger charge is -2.19. The zero-order valence-corrected chi connectivity index (χ0v) is 16.7. The van der Waals surface area contributed by atoms with E-state index in [0.717, 1.165) is 11.4 Å². The van der Waals surface area contributed by atoms with Crippen molar-refractivity contribution in [3.63, 3.8) is 0 Å². The number of guanidine groups is 1. The van der Waals surface area contributed by atoms with Gasteiger partial charge in [0.05, 0.1) is 7.11 Å². The number of benzene rings is 2. The van der Waals surface area contributed by atoms with E-state index in [1.807, 2.05) is 30.3 Å². The molecule has 0 saturated carbocycles. The first-order chi connectivity index (χ1) is 11.1. The molecule has 2 rings (SSSR count). The molecule has 1 unspecified atom stereocenters. The Hall–Kier alpha value is -1.76. The van der Waals surface area contributed by atoms with Crippen LogP contribution in [-0.2, 0) is 0 Å². The summed E-state index contributed by atoms with van der Waals surface area (Å²) in [6, 6.07) is 18.1. The van der Waals surface area contributed by atoms with E-state index in [0.29, 0.717) is 24.3 Å². The SMILES string of the molecule is COc1cccc(NC(N)=NCC(c2ccccc2)C(C)C)c1.I. The smallest absolute Gasteiger partial charge is 0.193 e. The lowest BCUT2D eigenvalue weighted by molar-refractivity contribution is 0.415. The van der Waals surface area contributed by atoms with Gasteiger partial charge in [-0.2, -0.15) is 0 Å². The van der Waals surface area contributed by atoms with Crippen LogP contribution in [0.3, 0.4) is 0 Å². The van der Waals surface area contributed by atoms with E-state index in [9.17, 15) is 0 Å². The van der Waals surface area contributed by atoms with E-state index < -0.39 is 0 Å². The minimum Gasteiger partial charge on any atom is -0.497 e. The van der Waals surface area contributed by atoms with Crippen molar-refractivity contribution in [2.24, 2.45) is 16.6 Å². The topological polar surface area (TPSA) is 59.6 Å². The van der Waals surface area contributed by atoms with Gasteiger partial charge in [0.1, 0.15) is 5.75 Å². The second-order valence-corrected chi connectivity index (χ2v) is 5.84. The number of hydrogen-bond acceptors (Lipinski definition) is 2. The number of rotatable bonds is 6. The van der Waals surface area contributed by atoms with E-state index in [1.54, 1.807) is 7.11 Å². The number of ether oxygens (including phenoxy) is 1. The summed E-state index contributed by atoms with van der Waals surface area (Å²) < 4.78 is 5.20. The first-order valence-corrected chi connectivity index (χ1v) is 7.86. The highest BCUT2D eigenvalue weighted by Crippen LogP contribution is 2.24. The van der Waals surface area contributed by atoms with E-state index >= 15 is 0 Å². The van der Waals surface area contributed by atoms with Crippen LogP contribution in [0.1, 0.15) is 25.3 Å². The van der Waals surface area contributed by atoms with Crippen molar-refractivity contribution in [2.75, 3.05) is 19.0 Å². The monoisotopic (exact) mass is 439 g/mol. The average molecular weight is 439 g/mol. The zero-order valence-electron chi connectivity index (χ0n) is 14.4. The van der Waals surface area contributed by atoms with E-state index in [2.05, 4.69) is 48.4 Å². The molecule has 3 N–H and O–H groups in total. The molecule has 0 spiro atoms. The highest BCUT2D eigenvalue weighted by Gasteiger charge is 2.15. The second-order valence-electron chi connectivity index (χ2n) is 5.84. The molecule has 0 saturated heterocycles. The molecule has 2 aromatic rings. The van der Waals surface area contributed by atoms with E-state index in [-0.39, 0.29) is 24.0 Å². The molecular weight excluding hydrogens is 413 g/mol. The van der Waals surface area contributed by atoms with Gasteiger partial charge < -0.3 is 15.8 Å². The fourth-order valence-electron chi connectivity index (χ4n) is 2.49. The van der Waals surface area contributed by atoms with Crippen LogP contribution >= 0.6 is 24.0 Å². The number of methoxy groups -OCH3 is 1. The summed E-state index contributed by atoms with van der Waals surface area (Å²) >= 11 is 0. The summed E-state index contributed by atoms with van der Waals surface area (Å²) in [4.78, 5) is 4.52. The molecule has 0 fully saturated rings. The van der Waals surface area contributed by atoms with Crippen LogP contribution in [0.25, 0.3) is 0 Å². The number of nitrogens with two attached hydrogens (primary N) is 1. The minimum atomic E-state index is 0. The van der Waals surface area contributed by atoms with Gasteiger partial charge in [0.25, 0.3) is 0 Å². The van der Waals surface area contributed by atoms with Crippen LogP contribution in [0.5, 0.6) is 5.75 Å². The molecule has 0 aromatic heterocycles. The molecule has 5 heteroatoms. The van der Waals surface area contributed by atoms with Crippen LogP contribution in [0.2, 0.25) is 0 Å². The Balaban J connectivity index is 0.00000288. The molecule has 0 aliphatic heterocycles. The molecule has 2 aromatic carbocycles. The summed E-state index contributed by atoms with van der Waals surface area (Å²) in [5, 5.41) is 3.11. The van der Waals surface area contributed by atoms with Crippen molar-refractivity contribution >= 4 is 35.6 Å².